The van der Waals surface area contributed by atoms with Gasteiger partial charge in [0, 0.05) is 23.1 Å². The highest BCUT2D eigenvalue weighted by Crippen LogP contribution is 2.29. The third-order valence-corrected chi connectivity index (χ3v) is 4.49. The standard InChI is InChI=1S/C14H21BrN2/c1-11(13-7-3-4-8-14(13)15)17-9-5-6-12(10-17)16-2/h3-4,7-8,11-12,16H,5-6,9-10H2,1-2H3. The zero-order chi connectivity index (χ0) is 12.3. The van der Waals surface area contributed by atoms with E-state index < -0.39 is 0 Å². The smallest absolute Gasteiger partial charge is 0.0331 e. The number of benzene rings is 1. The number of rotatable bonds is 3. The molecule has 0 aliphatic carbocycles. The summed E-state index contributed by atoms with van der Waals surface area (Å²) < 4.78 is 1.22. The molecule has 1 aromatic carbocycles. The lowest BCUT2D eigenvalue weighted by Crippen LogP contribution is -2.45. The minimum absolute atomic E-state index is 0.488. The van der Waals surface area contributed by atoms with E-state index in [4.69, 9.17) is 0 Å². The molecule has 0 bridgehead atoms. The normalized spacial score (nSPS) is 23.6. The Balaban J connectivity index is 2.09. The fraction of sp³-hybridized carbons (Fsp3) is 0.571. The van der Waals surface area contributed by atoms with Gasteiger partial charge in [0.25, 0.3) is 0 Å². The van der Waals surface area contributed by atoms with Crippen molar-refractivity contribution in [2.75, 3.05) is 20.1 Å². The van der Waals surface area contributed by atoms with Crippen LogP contribution in [-0.4, -0.2) is 31.1 Å². The molecule has 0 saturated carbocycles. The van der Waals surface area contributed by atoms with Gasteiger partial charge in [-0.15, -0.1) is 0 Å². The van der Waals surface area contributed by atoms with Crippen LogP contribution in [0.3, 0.4) is 0 Å². The van der Waals surface area contributed by atoms with E-state index in [0.29, 0.717) is 12.1 Å². The minimum Gasteiger partial charge on any atom is -0.316 e. The lowest BCUT2D eigenvalue weighted by Gasteiger charge is -2.37. The highest BCUT2D eigenvalue weighted by Gasteiger charge is 2.24. The fourth-order valence-corrected chi connectivity index (χ4v) is 3.22. The average molecular weight is 297 g/mol. The van der Waals surface area contributed by atoms with Crippen molar-refractivity contribution in [1.29, 1.82) is 0 Å². The van der Waals surface area contributed by atoms with Crippen LogP contribution in [0.25, 0.3) is 0 Å². The van der Waals surface area contributed by atoms with Crippen LogP contribution in [0, 0.1) is 0 Å². The van der Waals surface area contributed by atoms with Crippen molar-refractivity contribution in [1.82, 2.24) is 10.2 Å². The molecule has 17 heavy (non-hydrogen) atoms. The van der Waals surface area contributed by atoms with E-state index >= 15 is 0 Å². The number of hydrogen-bond acceptors (Lipinski definition) is 2. The van der Waals surface area contributed by atoms with Crippen LogP contribution >= 0.6 is 15.9 Å². The Morgan fingerprint density at radius 2 is 2.18 bits per heavy atom. The Morgan fingerprint density at radius 3 is 2.88 bits per heavy atom. The van der Waals surface area contributed by atoms with E-state index in [9.17, 15) is 0 Å². The lowest BCUT2D eigenvalue weighted by atomic mass is 10.0. The molecule has 1 aliphatic rings. The van der Waals surface area contributed by atoms with Crippen molar-refractivity contribution < 1.29 is 0 Å². The SMILES string of the molecule is CNC1CCCN(C(C)c2ccccc2Br)C1. The van der Waals surface area contributed by atoms with Gasteiger partial charge in [-0.25, -0.2) is 0 Å². The summed E-state index contributed by atoms with van der Waals surface area (Å²) in [4.78, 5) is 2.57. The first-order chi connectivity index (χ1) is 8.22. The first-order valence-corrected chi connectivity index (χ1v) is 7.17. The summed E-state index contributed by atoms with van der Waals surface area (Å²) in [5, 5.41) is 3.40. The highest BCUT2D eigenvalue weighted by atomic mass is 79.9. The van der Waals surface area contributed by atoms with Gasteiger partial charge in [-0.2, -0.15) is 0 Å². The molecule has 94 valence electrons. The molecule has 1 fully saturated rings. The van der Waals surface area contributed by atoms with E-state index in [0.717, 1.165) is 6.54 Å². The Hall–Kier alpha value is -0.380. The molecule has 0 radical (unpaired) electrons. The molecule has 3 heteroatoms. The van der Waals surface area contributed by atoms with Gasteiger partial charge in [0.2, 0.25) is 0 Å². The quantitative estimate of drug-likeness (QED) is 0.921. The fourth-order valence-electron chi connectivity index (χ4n) is 2.60. The van der Waals surface area contributed by atoms with Gasteiger partial charge >= 0.3 is 0 Å². The number of hydrogen-bond donors (Lipinski definition) is 1. The Kier molecular flexibility index (Phi) is 4.60. The monoisotopic (exact) mass is 296 g/mol. The molecular formula is C14H21BrN2. The van der Waals surface area contributed by atoms with Crippen molar-refractivity contribution in [3.63, 3.8) is 0 Å². The minimum atomic E-state index is 0.488. The molecule has 1 heterocycles. The molecular weight excluding hydrogens is 276 g/mol. The van der Waals surface area contributed by atoms with Crippen molar-refractivity contribution in [2.24, 2.45) is 0 Å². The van der Waals surface area contributed by atoms with E-state index in [-0.39, 0.29) is 0 Å². The molecule has 1 aliphatic heterocycles. The van der Waals surface area contributed by atoms with Crippen molar-refractivity contribution in [3.8, 4) is 0 Å². The molecule has 1 aromatic rings. The van der Waals surface area contributed by atoms with E-state index in [2.05, 4.69) is 64.4 Å². The molecule has 1 saturated heterocycles. The molecule has 0 amide bonds. The summed E-state index contributed by atoms with van der Waals surface area (Å²) in [6, 6.07) is 9.68. The Morgan fingerprint density at radius 1 is 1.41 bits per heavy atom. The van der Waals surface area contributed by atoms with Crippen LogP contribution in [-0.2, 0) is 0 Å². The summed E-state index contributed by atoms with van der Waals surface area (Å²) in [5.41, 5.74) is 1.39. The van der Waals surface area contributed by atoms with Crippen molar-refractivity contribution in [3.05, 3.63) is 34.3 Å². The lowest BCUT2D eigenvalue weighted by molar-refractivity contribution is 0.149. The third-order valence-electron chi connectivity index (χ3n) is 3.76. The topological polar surface area (TPSA) is 15.3 Å². The van der Waals surface area contributed by atoms with E-state index in [1.54, 1.807) is 0 Å². The highest BCUT2D eigenvalue weighted by molar-refractivity contribution is 9.10. The maximum atomic E-state index is 3.65. The van der Waals surface area contributed by atoms with Crippen LogP contribution in [0.15, 0.2) is 28.7 Å². The number of nitrogens with one attached hydrogen (secondary N) is 1. The van der Waals surface area contributed by atoms with Gasteiger partial charge in [-0.3, -0.25) is 4.90 Å². The van der Waals surface area contributed by atoms with Crippen molar-refractivity contribution in [2.45, 2.75) is 31.8 Å². The molecule has 0 spiro atoms. The summed E-state index contributed by atoms with van der Waals surface area (Å²) in [6.07, 6.45) is 2.59. The number of nitrogens with zero attached hydrogens (tertiary/aromatic N) is 1. The van der Waals surface area contributed by atoms with E-state index in [1.807, 2.05) is 0 Å². The van der Waals surface area contributed by atoms with E-state index in [1.165, 1.54) is 29.4 Å². The van der Waals surface area contributed by atoms with Gasteiger partial charge in [-0.1, -0.05) is 34.1 Å². The zero-order valence-corrected chi connectivity index (χ0v) is 12.2. The summed E-state index contributed by atoms with van der Waals surface area (Å²) in [6.45, 7) is 4.66. The zero-order valence-electron chi connectivity index (χ0n) is 10.6. The predicted octanol–water partition coefficient (Wildman–Crippen LogP) is 3.19. The third kappa shape index (κ3) is 3.09. The summed E-state index contributed by atoms with van der Waals surface area (Å²) >= 11 is 3.65. The Labute approximate surface area is 113 Å². The first kappa shape index (κ1) is 13.1. The maximum absolute atomic E-state index is 3.65. The second kappa shape index (κ2) is 5.98. The largest absolute Gasteiger partial charge is 0.316 e. The van der Waals surface area contributed by atoms with Gasteiger partial charge in [0.15, 0.2) is 0 Å². The number of piperidine rings is 1. The number of halogens is 1. The number of likely N-dealkylation sites (tertiary alicyclic amines) is 1. The van der Waals surface area contributed by atoms with Gasteiger partial charge in [-0.05, 0) is 45.0 Å². The number of likely N-dealkylation sites (N-methyl/N-ethyl adjacent to an activating group) is 1. The van der Waals surface area contributed by atoms with Crippen LogP contribution in [0.5, 0.6) is 0 Å². The first-order valence-electron chi connectivity index (χ1n) is 6.38. The molecule has 2 unspecified atom stereocenters. The Bertz CT molecular complexity index is 367. The molecule has 2 rings (SSSR count). The summed E-state index contributed by atoms with van der Waals surface area (Å²) in [5.74, 6) is 0. The molecule has 1 N–H and O–H groups in total. The van der Waals surface area contributed by atoms with Gasteiger partial charge < -0.3 is 5.32 Å². The second-order valence-electron chi connectivity index (χ2n) is 4.82. The van der Waals surface area contributed by atoms with Gasteiger partial charge in [0.05, 0.1) is 0 Å². The van der Waals surface area contributed by atoms with Crippen molar-refractivity contribution >= 4 is 15.9 Å². The molecule has 2 atom stereocenters. The van der Waals surface area contributed by atoms with Crippen LogP contribution in [0.2, 0.25) is 0 Å². The predicted molar refractivity (Wildman–Crippen MR) is 76.2 cm³/mol. The summed E-state index contributed by atoms with van der Waals surface area (Å²) in [7, 11) is 2.07. The molecule has 0 aromatic heterocycles. The van der Waals surface area contributed by atoms with Gasteiger partial charge in [0.1, 0.15) is 0 Å². The second-order valence-corrected chi connectivity index (χ2v) is 5.67. The average Bonchev–Trinajstić information content (AvgIpc) is 2.38. The maximum Gasteiger partial charge on any atom is 0.0331 e. The van der Waals surface area contributed by atoms with Crippen LogP contribution in [0.1, 0.15) is 31.4 Å². The van der Waals surface area contributed by atoms with Crippen LogP contribution < -0.4 is 5.32 Å². The molecule has 2 nitrogen and oxygen atoms in total. The van der Waals surface area contributed by atoms with Crippen LogP contribution in [0.4, 0.5) is 0 Å².